The van der Waals surface area contributed by atoms with Crippen molar-refractivity contribution in [2.75, 3.05) is 26.2 Å². The van der Waals surface area contributed by atoms with Crippen LogP contribution in [-0.2, 0) is 9.53 Å². The van der Waals surface area contributed by atoms with Crippen molar-refractivity contribution >= 4 is 11.8 Å². The predicted molar refractivity (Wildman–Crippen MR) is 92.3 cm³/mol. The van der Waals surface area contributed by atoms with Crippen LogP contribution in [0.1, 0.15) is 17.4 Å². The van der Waals surface area contributed by atoms with Crippen molar-refractivity contribution in [1.82, 2.24) is 15.4 Å². The lowest BCUT2D eigenvalue weighted by Gasteiger charge is -2.36. The zero-order chi connectivity index (χ0) is 18.5. The van der Waals surface area contributed by atoms with Crippen molar-refractivity contribution < 1.29 is 24.0 Å². The average Bonchev–Trinajstić information content (AvgIpc) is 3.16. The van der Waals surface area contributed by atoms with Gasteiger partial charge < -0.3 is 24.6 Å². The molecule has 1 aliphatic rings. The molecule has 2 amide bonds. The minimum Gasteiger partial charge on any atom is -0.394 e. The van der Waals surface area contributed by atoms with Crippen LogP contribution in [0.4, 0.5) is 0 Å². The molecule has 0 spiro atoms. The third kappa shape index (κ3) is 4.27. The highest BCUT2D eigenvalue weighted by atomic mass is 16.5. The van der Waals surface area contributed by atoms with Crippen LogP contribution in [0.25, 0.3) is 11.3 Å². The van der Waals surface area contributed by atoms with Crippen LogP contribution in [0.5, 0.6) is 0 Å². The van der Waals surface area contributed by atoms with Crippen LogP contribution >= 0.6 is 0 Å². The summed E-state index contributed by atoms with van der Waals surface area (Å²) in [5.41, 5.74) is 0.924. The molecule has 2 N–H and O–H groups in total. The summed E-state index contributed by atoms with van der Waals surface area (Å²) in [5.74, 6) is -0.238. The molecule has 2 aromatic rings. The topological polar surface area (TPSA) is 105 Å². The van der Waals surface area contributed by atoms with E-state index in [9.17, 15) is 14.7 Å². The Balaban J connectivity index is 1.55. The zero-order valence-electron chi connectivity index (χ0n) is 14.4. The fourth-order valence-corrected chi connectivity index (χ4v) is 2.83. The van der Waals surface area contributed by atoms with Gasteiger partial charge in [-0.2, -0.15) is 0 Å². The first-order chi connectivity index (χ1) is 12.6. The maximum absolute atomic E-state index is 12.3. The Morgan fingerprint density at radius 1 is 1.31 bits per heavy atom. The van der Waals surface area contributed by atoms with Crippen molar-refractivity contribution in [3.8, 4) is 11.3 Å². The third-order valence-corrected chi connectivity index (χ3v) is 4.08. The van der Waals surface area contributed by atoms with Gasteiger partial charge in [0.15, 0.2) is 11.5 Å². The van der Waals surface area contributed by atoms with Crippen LogP contribution in [0.3, 0.4) is 0 Å². The zero-order valence-corrected chi connectivity index (χ0v) is 14.4. The number of rotatable bonds is 5. The summed E-state index contributed by atoms with van der Waals surface area (Å²) < 4.78 is 10.7. The molecule has 0 aliphatic carbocycles. The number of benzene rings is 1. The number of carbonyl (C=O) groups excluding carboxylic acids is 2. The van der Waals surface area contributed by atoms with E-state index in [-0.39, 0.29) is 30.9 Å². The van der Waals surface area contributed by atoms with Crippen LogP contribution < -0.4 is 5.32 Å². The van der Waals surface area contributed by atoms with Gasteiger partial charge in [-0.1, -0.05) is 35.5 Å². The van der Waals surface area contributed by atoms with Gasteiger partial charge >= 0.3 is 0 Å². The van der Waals surface area contributed by atoms with Gasteiger partial charge in [-0.05, 0) is 6.92 Å². The van der Waals surface area contributed by atoms with Crippen LogP contribution in [-0.4, -0.2) is 65.4 Å². The molecule has 1 aliphatic heterocycles. The Morgan fingerprint density at radius 3 is 2.81 bits per heavy atom. The van der Waals surface area contributed by atoms with Gasteiger partial charge in [-0.15, -0.1) is 0 Å². The summed E-state index contributed by atoms with van der Waals surface area (Å²) in [6.45, 7) is 2.26. The summed E-state index contributed by atoms with van der Waals surface area (Å²) in [5, 5.41) is 15.5. The third-order valence-electron chi connectivity index (χ3n) is 4.08. The monoisotopic (exact) mass is 359 g/mol. The molecular formula is C18H21N3O5. The highest BCUT2D eigenvalue weighted by Gasteiger charge is 2.28. The first-order valence-corrected chi connectivity index (χ1v) is 8.41. The molecule has 3 rings (SSSR count). The number of nitrogens with one attached hydrogen (secondary N) is 1. The first-order valence-electron chi connectivity index (χ1n) is 8.41. The fraction of sp³-hybridized carbons (Fsp3) is 0.389. The van der Waals surface area contributed by atoms with Crippen LogP contribution in [0.2, 0.25) is 0 Å². The number of amides is 2. The van der Waals surface area contributed by atoms with Crippen LogP contribution in [0.15, 0.2) is 40.9 Å². The van der Waals surface area contributed by atoms with E-state index in [1.54, 1.807) is 4.90 Å². The normalized spacial score (nSPS) is 20.0. The maximum Gasteiger partial charge on any atom is 0.273 e. The Hall–Kier alpha value is -2.71. The molecule has 0 unspecified atom stereocenters. The molecule has 0 saturated carbocycles. The number of aliphatic hydroxyl groups is 1. The standard InChI is InChI=1S/C18H21N3O5/c1-12-9-21(10-14(11-22)25-12)17(23)8-19-18(24)15-7-16(26-20-15)13-5-3-2-4-6-13/h2-7,12,14,22H,8-11H2,1H3,(H,19,24)/t12-,14-/m1/s1. The SMILES string of the molecule is C[C@@H]1CN(C(=O)CNC(=O)c2cc(-c3ccccc3)on2)C[C@H](CO)O1. The summed E-state index contributed by atoms with van der Waals surface area (Å²) in [4.78, 5) is 26.1. The second-order valence-corrected chi connectivity index (χ2v) is 6.18. The number of hydrogen-bond acceptors (Lipinski definition) is 6. The Labute approximate surface area is 150 Å². The summed E-state index contributed by atoms with van der Waals surface area (Å²) in [7, 11) is 0. The lowest BCUT2D eigenvalue weighted by Crippen LogP contribution is -2.52. The second-order valence-electron chi connectivity index (χ2n) is 6.18. The quantitative estimate of drug-likeness (QED) is 0.813. The van der Waals surface area contributed by atoms with E-state index in [0.717, 1.165) is 5.56 Å². The fourth-order valence-electron chi connectivity index (χ4n) is 2.83. The van der Waals surface area contributed by atoms with Crippen molar-refractivity contribution in [3.05, 3.63) is 42.1 Å². The van der Waals surface area contributed by atoms with E-state index in [2.05, 4.69) is 10.5 Å². The molecule has 1 aromatic carbocycles. The molecule has 1 saturated heterocycles. The van der Waals surface area contributed by atoms with E-state index in [1.165, 1.54) is 6.07 Å². The molecule has 2 atom stereocenters. The first kappa shape index (κ1) is 18.1. The number of aromatic nitrogens is 1. The van der Waals surface area contributed by atoms with E-state index < -0.39 is 12.0 Å². The molecule has 0 radical (unpaired) electrons. The molecule has 0 bridgehead atoms. The van der Waals surface area contributed by atoms with Gasteiger partial charge in [-0.3, -0.25) is 9.59 Å². The molecule has 1 fully saturated rings. The summed E-state index contributed by atoms with van der Waals surface area (Å²) in [6, 6.07) is 10.8. The summed E-state index contributed by atoms with van der Waals surface area (Å²) >= 11 is 0. The molecule has 8 nitrogen and oxygen atoms in total. The Kier molecular flexibility index (Phi) is 5.65. The highest BCUT2D eigenvalue weighted by molar-refractivity contribution is 5.95. The lowest BCUT2D eigenvalue weighted by molar-refractivity contribution is -0.146. The largest absolute Gasteiger partial charge is 0.394 e. The maximum atomic E-state index is 12.3. The van der Waals surface area contributed by atoms with Gasteiger partial charge in [0, 0.05) is 24.7 Å². The molecule has 1 aromatic heterocycles. The van der Waals surface area contributed by atoms with Gasteiger partial charge in [-0.25, -0.2) is 0 Å². The average molecular weight is 359 g/mol. The number of nitrogens with zero attached hydrogens (tertiary/aromatic N) is 2. The van der Waals surface area contributed by atoms with Crippen molar-refractivity contribution in [3.63, 3.8) is 0 Å². The number of ether oxygens (including phenoxy) is 1. The number of carbonyl (C=O) groups is 2. The number of morpholine rings is 1. The molecule has 26 heavy (non-hydrogen) atoms. The lowest BCUT2D eigenvalue weighted by atomic mass is 10.1. The smallest absolute Gasteiger partial charge is 0.273 e. The van der Waals surface area contributed by atoms with Gasteiger partial charge in [0.1, 0.15) is 0 Å². The molecule has 138 valence electrons. The van der Waals surface area contributed by atoms with E-state index in [0.29, 0.717) is 18.8 Å². The van der Waals surface area contributed by atoms with E-state index in [4.69, 9.17) is 9.26 Å². The van der Waals surface area contributed by atoms with Crippen molar-refractivity contribution in [2.45, 2.75) is 19.1 Å². The van der Waals surface area contributed by atoms with Gasteiger partial charge in [0.25, 0.3) is 5.91 Å². The van der Waals surface area contributed by atoms with Crippen molar-refractivity contribution in [1.29, 1.82) is 0 Å². The number of aliphatic hydroxyl groups excluding tert-OH is 1. The minimum absolute atomic E-state index is 0.111. The van der Waals surface area contributed by atoms with Gasteiger partial charge in [0.05, 0.1) is 25.4 Å². The second kappa shape index (κ2) is 8.11. The summed E-state index contributed by atoms with van der Waals surface area (Å²) in [6.07, 6.45) is -0.563. The van der Waals surface area contributed by atoms with E-state index >= 15 is 0 Å². The predicted octanol–water partition coefficient (Wildman–Crippen LogP) is 0.680. The van der Waals surface area contributed by atoms with Crippen molar-refractivity contribution in [2.24, 2.45) is 0 Å². The highest BCUT2D eigenvalue weighted by Crippen LogP contribution is 2.19. The van der Waals surface area contributed by atoms with Crippen LogP contribution in [0, 0.1) is 0 Å². The Morgan fingerprint density at radius 2 is 2.08 bits per heavy atom. The molecule has 2 heterocycles. The Bertz CT molecular complexity index is 761. The number of hydrogen-bond donors (Lipinski definition) is 2. The minimum atomic E-state index is -0.482. The molecular weight excluding hydrogens is 338 g/mol. The van der Waals surface area contributed by atoms with E-state index in [1.807, 2.05) is 37.3 Å². The van der Waals surface area contributed by atoms with Gasteiger partial charge in [0.2, 0.25) is 5.91 Å². The molecule has 8 heteroatoms.